The van der Waals surface area contributed by atoms with Crippen molar-refractivity contribution in [3.8, 4) is 16.9 Å². The number of carbonyl (C=O) groups excluding carboxylic acids is 3. The molecular weight excluding hydrogens is 622 g/mol. The van der Waals surface area contributed by atoms with Crippen LogP contribution < -0.4 is 25.6 Å². The molecule has 1 aromatic heterocycles. The maximum atomic E-state index is 13.7. The third-order valence-corrected chi connectivity index (χ3v) is 8.57. The first kappa shape index (κ1) is 35.6. The number of nitrogens with one attached hydrogen (secondary N) is 4. The van der Waals surface area contributed by atoms with Gasteiger partial charge in [-0.1, -0.05) is 30.3 Å². The number of H-pyrrole nitrogens is 1. The molecule has 264 valence electrons. The van der Waals surface area contributed by atoms with Gasteiger partial charge in [0.25, 0.3) is 5.91 Å². The first-order valence-electron chi connectivity index (χ1n) is 17.3. The van der Waals surface area contributed by atoms with Crippen LogP contribution in [0.2, 0.25) is 0 Å². The Kier molecular flexibility index (Phi) is 11.4. The number of aromatic nitrogens is 2. The molecule has 1 aliphatic carbocycles. The first-order valence-corrected chi connectivity index (χ1v) is 17.3. The predicted molar refractivity (Wildman–Crippen MR) is 189 cm³/mol. The Hall–Kier alpha value is -4.74. The summed E-state index contributed by atoms with van der Waals surface area (Å²) in [4.78, 5) is 42.7. The summed E-state index contributed by atoms with van der Waals surface area (Å²) in [5, 5.41) is 15.9. The van der Waals surface area contributed by atoms with Gasteiger partial charge in [-0.05, 0) is 90.0 Å². The van der Waals surface area contributed by atoms with Crippen LogP contribution in [0.5, 0.6) is 5.75 Å². The van der Waals surface area contributed by atoms with E-state index in [-0.39, 0.29) is 24.0 Å². The number of rotatable bonds is 13. The number of urea groups is 1. The van der Waals surface area contributed by atoms with Gasteiger partial charge in [-0.3, -0.25) is 9.89 Å². The normalized spacial score (nSPS) is 16.4. The van der Waals surface area contributed by atoms with Gasteiger partial charge < -0.3 is 35.2 Å². The molecule has 3 aromatic rings. The lowest BCUT2D eigenvalue weighted by atomic mass is 10.0. The van der Waals surface area contributed by atoms with E-state index in [9.17, 15) is 14.4 Å². The predicted octanol–water partition coefficient (Wildman–Crippen LogP) is 5.61. The minimum absolute atomic E-state index is 0.00298. The zero-order valence-corrected chi connectivity index (χ0v) is 29.4. The van der Waals surface area contributed by atoms with Crippen molar-refractivity contribution in [2.24, 2.45) is 0 Å². The summed E-state index contributed by atoms with van der Waals surface area (Å²) in [6.07, 6.45) is 7.65. The van der Waals surface area contributed by atoms with Crippen LogP contribution in [0.3, 0.4) is 0 Å². The molecule has 12 nitrogen and oxygen atoms in total. The van der Waals surface area contributed by atoms with Gasteiger partial charge in [0.15, 0.2) is 5.60 Å². The lowest BCUT2D eigenvalue weighted by Gasteiger charge is -2.36. The number of piperidine rings is 1. The van der Waals surface area contributed by atoms with Crippen LogP contribution in [0, 0.1) is 0 Å². The molecule has 2 heterocycles. The molecule has 1 aliphatic heterocycles. The minimum atomic E-state index is -1.11. The standard InChI is InChI=1S/C37H51N7O5/c1-36(2,3)49-35(47)39-19-10-18-38-33(45)37(4,5)48-31-14-8-13-30(21-31)43-20-9-12-28(25-43)42-34(46)44(29-16-17-29)24-26-11-6-7-15-32(26)27-22-40-41-23-27/h6-8,11,13-15,21-23,28-29H,9-10,12,16-20,24-25H2,1-5H3,(H,38,45)(H,39,47)(H,40,41)(H,42,46)/t28-/m0/s1. The smallest absolute Gasteiger partial charge is 0.407 e. The summed E-state index contributed by atoms with van der Waals surface area (Å²) in [7, 11) is 0. The van der Waals surface area contributed by atoms with Crippen molar-refractivity contribution in [1.29, 1.82) is 0 Å². The summed E-state index contributed by atoms with van der Waals surface area (Å²) >= 11 is 0. The number of hydrogen-bond acceptors (Lipinski definition) is 7. The third-order valence-electron chi connectivity index (χ3n) is 8.57. The third kappa shape index (κ3) is 10.4. The van der Waals surface area contributed by atoms with E-state index in [1.54, 1.807) is 13.8 Å². The zero-order valence-electron chi connectivity index (χ0n) is 29.4. The number of nitrogens with zero attached hydrogens (tertiary/aromatic N) is 3. The van der Waals surface area contributed by atoms with Gasteiger partial charge in [0.2, 0.25) is 0 Å². The Morgan fingerprint density at radius 1 is 1.00 bits per heavy atom. The number of amides is 4. The van der Waals surface area contributed by atoms with E-state index in [2.05, 4.69) is 43.2 Å². The van der Waals surface area contributed by atoms with E-state index in [0.717, 1.165) is 54.6 Å². The lowest BCUT2D eigenvalue weighted by Crippen LogP contribution is -2.52. The molecule has 1 saturated carbocycles. The summed E-state index contributed by atoms with van der Waals surface area (Å²) in [6, 6.07) is 16.2. The average molecular weight is 674 g/mol. The number of hydrogen-bond donors (Lipinski definition) is 4. The van der Waals surface area contributed by atoms with E-state index in [0.29, 0.717) is 38.3 Å². The Morgan fingerprint density at radius 3 is 2.51 bits per heavy atom. The number of anilines is 1. The second kappa shape index (κ2) is 15.7. The van der Waals surface area contributed by atoms with Crippen molar-refractivity contribution in [2.45, 2.75) is 96.6 Å². The maximum Gasteiger partial charge on any atom is 0.407 e. The van der Waals surface area contributed by atoms with Crippen LogP contribution in [-0.2, 0) is 16.1 Å². The number of aromatic amines is 1. The molecule has 2 fully saturated rings. The van der Waals surface area contributed by atoms with Gasteiger partial charge >= 0.3 is 12.1 Å². The van der Waals surface area contributed by atoms with Crippen LogP contribution in [-0.4, -0.2) is 82.6 Å². The van der Waals surface area contributed by atoms with Crippen molar-refractivity contribution >= 4 is 23.7 Å². The largest absolute Gasteiger partial charge is 0.478 e. The van der Waals surface area contributed by atoms with Gasteiger partial charge in [-0.25, -0.2) is 9.59 Å². The summed E-state index contributed by atoms with van der Waals surface area (Å²) in [5.74, 6) is 0.343. The van der Waals surface area contributed by atoms with Crippen molar-refractivity contribution in [3.63, 3.8) is 0 Å². The van der Waals surface area contributed by atoms with E-state index in [1.165, 1.54) is 0 Å². The highest BCUT2D eigenvalue weighted by molar-refractivity contribution is 5.84. The fraction of sp³-hybridized carbons (Fsp3) is 0.514. The quantitative estimate of drug-likeness (QED) is 0.173. The fourth-order valence-electron chi connectivity index (χ4n) is 5.95. The van der Waals surface area contributed by atoms with Crippen LogP contribution in [0.15, 0.2) is 60.9 Å². The van der Waals surface area contributed by atoms with Crippen LogP contribution in [0.1, 0.15) is 72.3 Å². The Bertz CT molecular complexity index is 1570. The lowest BCUT2D eigenvalue weighted by molar-refractivity contribution is -0.134. The number of alkyl carbamates (subject to hydrolysis) is 1. The minimum Gasteiger partial charge on any atom is -0.478 e. The summed E-state index contributed by atoms with van der Waals surface area (Å²) in [5.41, 5.74) is 2.49. The zero-order chi connectivity index (χ0) is 35.0. The van der Waals surface area contributed by atoms with Crippen molar-refractivity contribution in [3.05, 3.63) is 66.5 Å². The number of carbonyl (C=O) groups is 3. The van der Waals surface area contributed by atoms with Crippen LogP contribution in [0.4, 0.5) is 15.3 Å². The van der Waals surface area contributed by atoms with Gasteiger partial charge in [0.05, 0.1) is 6.20 Å². The topological polar surface area (TPSA) is 141 Å². The molecule has 5 rings (SSSR count). The molecule has 0 radical (unpaired) electrons. The molecule has 12 heteroatoms. The average Bonchev–Trinajstić information content (AvgIpc) is 3.74. The molecule has 4 N–H and O–H groups in total. The Morgan fingerprint density at radius 2 is 1.78 bits per heavy atom. The van der Waals surface area contributed by atoms with Gasteiger partial charge in [0, 0.05) is 68.3 Å². The van der Waals surface area contributed by atoms with Crippen molar-refractivity contribution in [1.82, 2.24) is 31.0 Å². The molecule has 0 bridgehead atoms. The summed E-state index contributed by atoms with van der Waals surface area (Å²) in [6.45, 7) is 11.8. The summed E-state index contributed by atoms with van der Waals surface area (Å²) < 4.78 is 11.4. The molecule has 2 aromatic carbocycles. The SMILES string of the molecule is CC(C)(C)OC(=O)NCCCNC(=O)C(C)(C)Oc1cccc(N2CCC[C@H](NC(=O)N(Cc3ccccc3-c3cn[nH]c3)C3CC3)C2)c1. The molecule has 0 unspecified atom stereocenters. The van der Waals surface area contributed by atoms with E-state index < -0.39 is 17.3 Å². The number of benzene rings is 2. The van der Waals surface area contributed by atoms with Crippen molar-refractivity contribution in [2.75, 3.05) is 31.1 Å². The van der Waals surface area contributed by atoms with E-state index in [1.807, 2.05) is 74.5 Å². The van der Waals surface area contributed by atoms with E-state index >= 15 is 0 Å². The molecular formula is C37H51N7O5. The highest BCUT2D eigenvalue weighted by Gasteiger charge is 2.35. The molecule has 0 spiro atoms. The molecule has 4 amide bonds. The van der Waals surface area contributed by atoms with Gasteiger partial charge in [0.1, 0.15) is 11.4 Å². The maximum absolute atomic E-state index is 13.7. The molecule has 1 saturated heterocycles. The molecule has 1 atom stereocenters. The highest BCUT2D eigenvalue weighted by Crippen LogP contribution is 2.32. The molecule has 49 heavy (non-hydrogen) atoms. The fourth-order valence-corrected chi connectivity index (χ4v) is 5.95. The first-order chi connectivity index (χ1) is 23.4. The Labute approximate surface area is 289 Å². The van der Waals surface area contributed by atoms with Crippen molar-refractivity contribution < 1.29 is 23.9 Å². The molecule has 2 aliphatic rings. The highest BCUT2D eigenvalue weighted by atomic mass is 16.6. The van der Waals surface area contributed by atoms with Crippen LogP contribution >= 0.6 is 0 Å². The monoisotopic (exact) mass is 673 g/mol. The van der Waals surface area contributed by atoms with E-state index in [4.69, 9.17) is 9.47 Å². The Balaban J connectivity index is 1.12. The van der Waals surface area contributed by atoms with Gasteiger partial charge in [-0.2, -0.15) is 5.10 Å². The second-order valence-electron chi connectivity index (χ2n) is 14.4. The number of ether oxygens (including phenoxy) is 2. The van der Waals surface area contributed by atoms with Crippen LogP contribution in [0.25, 0.3) is 11.1 Å². The second-order valence-corrected chi connectivity index (χ2v) is 14.4. The van der Waals surface area contributed by atoms with Gasteiger partial charge in [-0.15, -0.1) is 0 Å².